The van der Waals surface area contributed by atoms with Gasteiger partial charge in [0.15, 0.2) is 0 Å². The maximum Gasteiger partial charge on any atom is 0.241 e. The summed E-state index contributed by atoms with van der Waals surface area (Å²) in [6.45, 7) is 5.37. The highest BCUT2D eigenvalue weighted by atomic mass is 32.2. The fourth-order valence-electron chi connectivity index (χ4n) is 2.61. The van der Waals surface area contributed by atoms with Crippen LogP contribution < -0.4 is 10.0 Å². The first kappa shape index (κ1) is 15.4. The lowest BCUT2D eigenvalue weighted by atomic mass is 9.92. The molecule has 0 aliphatic carbocycles. The van der Waals surface area contributed by atoms with Gasteiger partial charge in [-0.3, -0.25) is 0 Å². The highest BCUT2D eigenvalue weighted by molar-refractivity contribution is 7.89. The van der Waals surface area contributed by atoms with E-state index < -0.39 is 15.8 Å². The lowest BCUT2D eigenvalue weighted by Gasteiger charge is -2.28. The van der Waals surface area contributed by atoms with E-state index in [9.17, 15) is 12.8 Å². The molecule has 0 amide bonds. The molecule has 1 unspecified atom stereocenters. The molecular weight excluding hydrogens is 279 g/mol. The molecule has 1 heterocycles. The standard InChI is InChI=1S/C14H21FN2O2S/c1-10-3-4-13(15)9-14(10)20(18,19)17-11(2)12-5-7-16-8-6-12/h3-4,9,11-12,16-17H,5-8H2,1-2H3. The number of rotatable bonds is 4. The van der Waals surface area contributed by atoms with Gasteiger partial charge in [0.05, 0.1) is 4.90 Å². The van der Waals surface area contributed by atoms with Crippen LogP contribution in [-0.4, -0.2) is 27.5 Å². The molecular formula is C14H21FN2O2S. The zero-order chi connectivity index (χ0) is 14.8. The summed E-state index contributed by atoms with van der Waals surface area (Å²) in [7, 11) is -3.67. The van der Waals surface area contributed by atoms with Crippen molar-refractivity contribution >= 4 is 10.0 Å². The first-order chi connectivity index (χ1) is 9.40. The van der Waals surface area contributed by atoms with Gasteiger partial charge in [0.25, 0.3) is 0 Å². The lowest BCUT2D eigenvalue weighted by Crippen LogP contribution is -2.42. The van der Waals surface area contributed by atoms with E-state index in [1.807, 2.05) is 6.92 Å². The second-order valence-electron chi connectivity index (χ2n) is 5.41. The van der Waals surface area contributed by atoms with E-state index in [4.69, 9.17) is 0 Å². The smallest absolute Gasteiger partial charge is 0.241 e. The Hall–Kier alpha value is -0.980. The zero-order valence-corrected chi connectivity index (χ0v) is 12.6. The van der Waals surface area contributed by atoms with Crippen molar-refractivity contribution in [2.24, 2.45) is 5.92 Å². The molecule has 1 fully saturated rings. The summed E-state index contributed by atoms with van der Waals surface area (Å²) in [6, 6.07) is 3.68. The van der Waals surface area contributed by atoms with E-state index in [0.29, 0.717) is 11.5 Å². The minimum atomic E-state index is -3.67. The van der Waals surface area contributed by atoms with Crippen LogP contribution in [0.15, 0.2) is 23.1 Å². The fraction of sp³-hybridized carbons (Fsp3) is 0.571. The van der Waals surface area contributed by atoms with E-state index in [1.165, 1.54) is 12.1 Å². The average molecular weight is 300 g/mol. The van der Waals surface area contributed by atoms with E-state index in [0.717, 1.165) is 32.0 Å². The van der Waals surface area contributed by atoms with Crippen LogP contribution in [0.4, 0.5) is 4.39 Å². The summed E-state index contributed by atoms with van der Waals surface area (Å²) in [6.07, 6.45) is 1.90. The summed E-state index contributed by atoms with van der Waals surface area (Å²) in [5.74, 6) is -0.217. The maximum absolute atomic E-state index is 13.3. The fourth-order valence-corrected chi connectivity index (χ4v) is 4.18. The molecule has 4 nitrogen and oxygen atoms in total. The third-order valence-electron chi connectivity index (χ3n) is 3.87. The highest BCUT2D eigenvalue weighted by Crippen LogP contribution is 2.20. The second-order valence-corrected chi connectivity index (χ2v) is 7.09. The predicted octanol–water partition coefficient (Wildman–Crippen LogP) is 1.80. The van der Waals surface area contributed by atoms with E-state index in [-0.39, 0.29) is 10.9 Å². The van der Waals surface area contributed by atoms with Crippen LogP contribution in [0.25, 0.3) is 0 Å². The van der Waals surface area contributed by atoms with Crippen LogP contribution in [0.2, 0.25) is 0 Å². The van der Waals surface area contributed by atoms with Crippen molar-refractivity contribution in [3.05, 3.63) is 29.6 Å². The number of piperidine rings is 1. The summed E-state index contributed by atoms with van der Waals surface area (Å²) < 4.78 is 40.7. The van der Waals surface area contributed by atoms with Gasteiger partial charge in [-0.15, -0.1) is 0 Å². The number of hydrogen-bond donors (Lipinski definition) is 2. The normalized spacial score (nSPS) is 18.9. The molecule has 112 valence electrons. The minimum Gasteiger partial charge on any atom is -0.317 e. The Bertz CT molecular complexity index is 569. The first-order valence-corrected chi connectivity index (χ1v) is 8.37. The Morgan fingerprint density at radius 3 is 2.65 bits per heavy atom. The molecule has 1 aliphatic rings. The van der Waals surface area contributed by atoms with Crippen LogP contribution in [0.5, 0.6) is 0 Å². The van der Waals surface area contributed by atoms with Gasteiger partial charge in [0.1, 0.15) is 5.82 Å². The van der Waals surface area contributed by atoms with Crippen molar-refractivity contribution in [1.29, 1.82) is 0 Å². The van der Waals surface area contributed by atoms with Gasteiger partial charge in [-0.1, -0.05) is 6.07 Å². The number of halogens is 1. The van der Waals surface area contributed by atoms with Crippen LogP contribution in [0.1, 0.15) is 25.3 Å². The molecule has 0 bridgehead atoms. The summed E-state index contributed by atoms with van der Waals surface area (Å²) >= 11 is 0. The summed E-state index contributed by atoms with van der Waals surface area (Å²) in [5, 5.41) is 3.25. The van der Waals surface area contributed by atoms with Gasteiger partial charge < -0.3 is 5.32 Å². The Morgan fingerprint density at radius 2 is 2.00 bits per heavy atom. The van der Waals surface area contributed by atoms with Crippen LogP contribution in [-0.2, 0) is 10.0 Å². The molecule has 1 saturated heterocycles. The van der Waals surface area contributed by atoms with Crippen molar-refractivity contribution in [3.8, 4) is 0 Å². The van der Waals surface area contributed by atoms with E-state index in [1.54, 1.807) is 6.92 Å². The third-order valence-corrected chi connectivity index (χ3v) is 5.57. The van der Waals surface area contributed by atoms with Crippen molar-refractivity contribution in [1.82, 2.24) is 10.0 Å². The van der Waals surface area contributed by atoms with Crippen molar-refractivity contribution in [3.63, 3.8) is 0 Å². The van der Waals surface area contributed by atoms with Gasteiger partial charge in [0.2, 0.25) is 10.0 Å². The number of benzene rings is 1. The molecule has 2 N–H and O–H groups in total. The van der Waals surface area contributed by atoms with Crippen LogP contribution >= 0.6 is 0 Å². The molecule has 1 atom stereocenters. The summed E-state index contributed by atoms with van der Waals surface area (Å²) in [5.41, 5.74) is 0.552. The van der Waals surface area contributed by atoms with Crippen molar-refractivity contribution in [2.75, 3.05) is 13.1 Å². The SMILES string of the molecule is Cc1ccc(F)cc1S(=O)(=O)NC(C)C1CCNCC1. The van der Waals surface area contributed by atoms with Gasteiger partial charge >= 0.3 is 0 Å². The first-order valence-electron chi connectivity index (χ1n) is 6.89. The average Bonchev–Trinajstić information content (AvgIpc) is 2.42. The van der Waals surface area contributed by atoms with Crippen LogP contribution in [0, 0.1) is 18.7 Å². The molecule has 1 aliphatic heterocycles. The Morgan fingerprint density at radius 1 is 1.35 bits per heavy atom. The molecule has 1 aromatic carbocycles. The molecule has 0 spiro atoms. The molecule has 6 heteroatoms. The number of hydrogen-bond acceptors (Lipinski definition) is 3. The largest absolute Gasteiger partial charge is 0.317 e. The molecule has 0 saturated carbocycles. The number of aryl methyl sites for hydroxylation is 1. The molecule has 20 heavy (non-hydrogen) atoms. The predicted molar refractivity (Wildman–Crippen MR) is 76.5 cm³/mol. The number of nitrogens with one attached hydrogen (secondary N) is 2. The Balaban J connectivity index is 2.16. The Labute approximate surface area is 119 Å². The topological polar surface area (TPSA) is 58.2 Å². The molecule has 2 rings (SSSR count). The molecule has 1 aromatic rings. The molecule has 0 aromatic heterocycles. The van der Waals surface area contributed by atoms with Crippen molar-refractivity contribution < 1.29 is 12.8 Å². The minimum absolute atomic E-state index is 0.0262. The van der Waals surface area contributed by atoms with E-state index >= 15 is 0 Å². The highest BCUT2D eigenvalue weighted by Gasteiger charge is 2.26. The van der Waals surface area contributed by atoms with Crippen LogP contribution in [0.3, 0.4) is 0 Å². The van der Waals surface area contributed by atoms with Crippen molar-refractivity contribution in [2.45, 2.75) is 37.6 Å². The number of sulfonamides is 1. The van der Waals surface area contributed by atoms with Gasteiger partial charge in [-0.25, -0.2) is 17.5 Å². The Kier molecular flexibility index (Phi) is 4.78. The van der Waals surface area contributed by atoms with Gasteiger partial charge in [-0.2, -0.15) is 0 Å². The van der Waals surface area contributed by atoms with E-state index in [2.05, 4.69) is 10.0 Å². The second kappa shape index (κ2) is 6.20. The van der Waals surface area contributed by atoms with Gasteiger partial charge in [-0.05, 0) is 63.4 Å². The molecule has 0 radical (unpaired) electrons. The van der Waals surface area contributed by atoms with Gasteiger partial charge in [0, 0.05) is 6.04 Å². The summed E-state index contributed by atoms with van der Waals surface area (Å²) in [4.78, 5) is 0.0262. The zero-order valence-electron chi connectivity index (χ0n) is 11.8. The third kappa shape index (κ3) is 3.56. The quantitative estimate of drug-likeness (QED) is 0.891. The monoisotopic (exact) mass is 300 g/mol. The maximum atomic E-state index is 13.3. The lowest BCUT2D eigenvalue weighted by molar-refractivity contribution is 0.316.